The van der Waals surface area contributed by atoms with Gasteiger partial charge < -0.3 is 14.7 Å². The minimum absolute atomic E-state index is 0.207. The van der Waals surface area contributed by atoms with Gasteiger partial charge in [-0.25, -0.2) is 0 Å². The number of fused-ring (bicyclic) bond motifs is 1. The van der Waals surface area contributed by atoms with E-state index in [-0.39, 0.29) is 12.0 Å². The zero-order valence-corrected chi connectivity index (χ0v) is 11.9. The van der Waals surface area contributed by atoms with E-state index in [1.165, 1.54) is 5.57 Å². The van der Waals surface area contributed by atoms with Crippen LogP contribution in [0, 0.1) is 5.92 Å². The molecule has 1 aliphatic heterocycles. The molecule has 4 heteroatoms. The summed E-state index contributed by atoms with van der Waals surface area (Å²) in [6, 6.07) is 0. The van der Waals surface area contributed by atoms with Gasteiger partial charge in [-0.05, 0) is 35.6 Å². The fourth-order valence-corrected chi connectivity index (χ4v) is 2.65. The zero-order valence-electron chi connectivity index (χ0n) is 11.9. The number of aliphatic hydroxyl groups is 1. The largest absolute Gasteiger partial charge is 0.386 e. The Kier molecular flexibility index (Phi) is 4.42. The van der Waals surface area contributed by atoms with Gasteiger partial charge in [0.2, 0.25) is 5.91 Å². The molecule has 1 N–H and O–H groups in total. The zero-order chi connectivity index (χ0) is 14.0. The molecule has 1 heterocycles. The fourth-order valence-electron chi connectivity index (χ4n) is 2.65. The molecule has 1 aliphatic carbocycles. The van der Waals surface area contributed by atoms with E-state index in [4.69, 9.17) is 4.74 Å². The van der Waals surface area contributed by atoms with E-state index < -0.39 is 6.10 Å². The van der Waals surface area contributed by atoms with Crippen LogP contribution in [-0.2, 0) is 9.53 Å². The van der Waals surface area contributed by atoms with Crippen molar-refractivity contribution < 1.29 is 14.6 Å². The van der Waals surface area contributed by atoms with E-state index in [1.807, 2.05) is 17.1 Å². The number of rotatable bonds is 3. The molecule has 0 spiro atoms. The van der Waals surface area contributed by atoms with E-state index in [1.54, 1.807) is 7.11 Å². The molecule has 0 bridgehead atoms. The summed E-state index contributed by atoms with van der Waals surface area (Å²) in [5, 5.41) is 9.93. The first-order valence-electron chi connectivity index (χ1n) is 6.91. The molecular formula is C15H23NO3. The number of nitrogens with zero attached hydrogens (tertiary/aromatic N) is 1. The van der Waals surface area contributed by atoms with E-state index >= 15 is 0 Å². The van der Waals surface area contributed by atoms with Crippen LogP contribution < -0.4 is 0 Å². The van der Waals surface area contributed by atoms with Crippen molar-refractivity contribution in [1.29, 1.82) is 0 Å². The van der Waals surface area contributed by atoms with Gasteiger partial charge in [0.25, 0.3) is 0 Å². The lowest BCUT2D eigenvalue weighted by Gasteiger charge is -2.35. The van der Waals surface area contributed by atoms with Gasteiger partial charge in [-0.2, -0.15) is 0 Å². The van der Waals surface area contributed by atoms with E-state index in [0.717, 1.165) is 18.5 Å². The van der Waals surface area contributed by atoms with Crippen molar-refractivity contribution in [3.05, 3.63) is 23.3 Å². The number of amides is 1. The monoisotopic (exact) mass is 265 g/mol. The Labute approximate surface area is 114 Å². The highest BCUT2D eigenvalue weighted by Gasteiger charge is 2.28. The van der Waals surface area contributed by atoms with Gasteiger partial charge in [0.05, 0.1) is 0 Å². The molecule has 2 rings (SSSR count). The molecule has 4 nitrogen and oxygen atoms in total. The minimum Gasteiger partial charge on any atom is -0.386 e. The molecule has 19 heavy (non-hydrogen) atoms. The van der Waals surface area contributed by atoms with Crippen LogP contribution >= 0.6 is 0 Å². The second-order valence-corrected chi connectivity index (χ2v) is 5.74. The Morgan fingerprint density at radius 3 is 2.84 bits per heavy atom. The van der Waals surface area contributed by atoms with Crippen molar-refractivity contribution in [2.75, 3.05) is 20.2 Å². The van der Waals surface area contributed by atoms with Gasteiger partial charge in [-0.15, -0.1) is 0 Å². The quantitative estimate of drug-likeness (QED) is 0.841. The van der Waals surface area contributed by atoms with Crippen LogP contribution in [0.25, 0.3) is 0 Å². The number of ether oxygens (including phenoxy) is 1. The lowest BCUT2D eigenvalue weighted by atomic mass is 9.89. The van der Waals surface area contributed by atoms with Crippen molar-refractivity contribution >= 4 is 5.91 Å². The Morgan fingerprint density at radius 2 is 2.21 bits per heavy atom. The molecule has 1 fully saturated rings. The predicted molar refractivity (Wildman–Crippen MR) is 73.6 cm³/mol. The number of aliphatic hydroxyl groups excluding tert-OH is 1. The first kappa shape index (κ1) is 14.3. The molecule has 2 unspecified atom stereocenters. The molecule has 0 aromatic heterocycles. The van der Waals surface area contributed by atoms with E-state index in [2.05, 4.69) is 13.8 Å². The summed E-state index contributed by atoms with van der Waals surface area (Å²) in [5.41, 5.74) is 2.29. The van der Waals surface area contributed by atoms with Crippen LogP contribution in [0.2, 0.25) is 0 Å². The van der Waals surface area contributed by atoms with Crippen LogP contribution in [0.5, 0.6) is 0 Å². The topological polar surface area (TPSA) is 49.8 Å². The van der Waals surface area contributed by atoms with Gasteiger partial charge in [0.1, 0.15) is 12.2 Å². The summed E-state index contributed by atoms with van der Waals surface area (Å²) < 4.78 is 5.23. The number of methoxy groups -OCH3 is 1. The summed E-state index contributed by atoms with van der Waals surface area (Å²) in [6.45, 7) is 5.49. The number of piperidine rings is 1. The molecule has 106 valence electrons. The van der Waals surface area contributed by atoms with E-state index in [0.29, 0.717) is 18.9 Å². The molecule has 0 radical (unpaired) electrons. The van der Waals surface area contributed by atoms with Crippen LogP contribution in [0.1, 0.15) is 26.7 Å². The Hall–Kier alpha value is -1.13. The Bertz CT molecular complexity index is 412. The minimum atomic E-state index is -0.607. The van der Waals surface area contributed by atoms with Gasteiger partial charge in [0.15, 0.2) is 0 Å². The Morgan fingerprint density at radius 1 is 1.47 bits per heavy atom. The van der Waals surface area contributed by atoms with Crippen molar-refractivity contribution in [3.8, 4) is 0 Å². The summed E-state index contributed by atoms with van der Waals surface area (Å²) >= 11 is 0. The maximum absolute atomic E-state index is 12.1. The van der Waals surface area contributed by atoms with Gasteiger partial charge in [0, 0.05) is 26.6 Å². The summed E-state index contributed by atoms with van der Waals surface area (Å²) in [6.07, 6.45) is 4.40. The van der Waals surface area contributed by atoms with Crippen LogP contribution in [0.4, 0.5) is 0 Å². The van der Waals surface area contributed by atoms with Crippen molar-refractivity contribution in [2.24, 2.45) is 5.92 Å². The van der Waals surface area contributed by atoms with Crippen LogP contribution in [0.3, 0.4) is 0 Å². The molecule has 1 saturated heterocycles. The number of hydrogen-bond acceptors (Lipinski definition) is 3. The average Bonchev–Trinajstić information content (AvgIpc) is 2.36. The predicted octanol–water partition coefficient (Wildman–Crippen LogP) is 1.51. The third kappa shape index (κ3) is 3.25. The number of carbonyl (C=O) groups excluding carboxylic acids is 1. The summed E-state index contributed by atoms with van der Waals surface area (Å²) in [7, 11) is 1.60. The first-order valence-corrected chi connectivity index (χ1v) is 6.91. The average molecular weight is 265 g/mol. The smallest absolute Gasteiger partial charge is 0.223 e. The molecule has 1 amide bonds. The van der Waals surface area contributed by atoms with Gasteiger partial charge in [-0.3, -0.25) is 4.79 Å². The number of hydrogen-bond donors (Lipinski definition) is 1. The highest BCUT2D eigenvalue weighted by Crippen LogP contribution is 2.28. The van der Waals surface area contributed by atoms with Gasteiger partial charge >= 0.3 is 0 Å². The highest BCUT2D eigenvalue weighted by molar-refractivity contribution is 5.77. The van der Waals surface area contributed by atoms with Crippen LogP contribution in [-0.4, -0.2) is 48.3 Å². The van der Waals surface area contributed by atoms with E-state index in [9.17, 15) is 9.90 Å². The molecular weight excluding hydrogens is 242 g/mol. The van der Waals surface area contributed by atoms with Crippen molar-refractivity contribution in [1.82, 2.24) is 4.90 Å². The summed E-state index contributed by atoms with van der Waals surface area (Å²) in [4.78, 5) is 14.0. The third-order valence-electron chi connectivity index (χ3n) is 3.71. The van der Waals surface area contributed by atoms with Crippen molar-refractivity contribution in [3.63, 3.8) is 0 Å². The lowest BCUT2D eigenvalue weighted by molar-refractivity contribution is -0.131. The van der Waals surface area contributed by atoms with Crippen molar-refractivity contribution in [2.45, 2.75) is 38.9 Å². The SMILES string of the molecule is COC1C=C2CCN(C(=O)CC(C)C)CC2=CC1O. The lowest BCUT2D eigenvalue weighted by Crippen LogP contribution is -2.40. The number of likely N-dealkylation sites (tertiary alicyclic amines) is 1. The molecule has 0 aromatic carbocycles. The number of carbonyl (C=O) groups is 1. The molecule has 2 atom stereocenters. The second kappa shape index (κ2) is 5.88. The normalized spacial score (nSPS) is 26.9. The molecule has 0 saturated carbocycles. The highest BCUT2D eigenvalue weighted by atomic mass is 16.5. The Balaban J connectivity index is 2.05. The molecule has 0 aromatic rings. The first-order chi connectivity index (χ1) is 9.01. The third-order valence-corrected chi connectivity index (χ3v) is 3.71. The maximum Gasteiger partial charge on any atom is 0.223 e. The van der Waals surface area contributed by atoms with Gasteiger partial charge in [-0.1, -0.05) is 13.8 Å². The standard InChI is InChI=1S/C15H23NO3/c1-10(2)6-15(18)16-5-4-11-8-14(19-3)13(17)7-12(11)9-16/h7-8,10,13-14,17H,4-6,9H2,1-3H3. The van der Waals surface area contributed by atoms with Crippen LogP contribution in [0.15, 0.2) is 23.3 Å². The second-order valence-electron chi connectivity index (χ2n) is 5.74. The fraction of sp³-hybridized carbons (Fsp3) is 0.667. The summed E-state index contributed by atoms with van der Waals surface area (Å²) in [5.74, 6) is 0.589. The maximum atomic E-state index is 12.1. The molecule has 2 aliphatic rings.